The van der Waals surface area contributed by atoms with Crippen LogP contribution in [0.2, 0.25) is 0 Å². The predicted molar refractivity (Wildman–Crippen MR) is 108 cm³/mol. The number of benzene rings is 1. The van der Waals surface area contributed by atoms with E-state index in [2.05, 4.69) is 24.7 Å². The molecule has 2 aromatic rings. The Morgan fingerprint density at radius 2 is 1.79 bits per heavy atom. The highest BCUT2D eigenvalue weighted by molar-refractivity contribution is 5.61. The third-order valence-electron chi connectivity index (χ3n) is 5.45. The number of rotatable bonds is 6. The number of ether oxygens (including phenoxy) is 1. The Labute approximate surface area is 164 Å². The fraction of sp³-hybridized carbons (Fsp3) is 0.450. The molecule has 148 valence electrons. The Bertz CT molecular complexity index is 816. The van der Waals surface area contributed by atoms with Crippen molar-refractivity contribution in [3.63, 3.8) is 0 Å². The summed E-state index contributed by atoms with van der Waals surface area (Å²) in [6.45, 7) is 4.69. The van der Waals surface area contributed by atoms with E-state index in [1.165, 1.54) is 6.21 Å². The molecule has 0 bridgehead atoms. The van der Waals surface area contributed by atoms with Gasteiger partial charge in [-0.15, -0.1) is 0 Å². The molecule has 28 heavy (non-hydrogen) atoms. The van der Waals surface area contributed by atoms with Crippen LogP contribution in [0.5, 0.6) is 0 Å². The molecular weight excluding hydrogens is 359 g/mol. The van der Waals surface area contributed by atoms with Crippen LogP contribution in [0.1, 0.15) is 5.56 Å². The van der Waals surface area contributed by atoms with Crippen molar-refractivity contribution >= 4 is 23.5 Å². The van der Waals surface area contributed by atoms with Gasteiger partial charge >= 0.3 is 0 Å². The van der Waals surface area contributed by atoms with E-state index in [0.29, 0.717) is 17.7 Å². The fourth-order valence-corrected chi connectivity index (χ4v) is 3.68. The molecular formula is C20H25FN6O. The van der Waals surface area contributed by atoms with Crippen molar-refractivity contribution in [3.8, 4) is 0 Å². The first-order valence-electron chi connectivity index (χ1n) is 9.55. The van der Waals surface area contributed by atoms with E-state index in [-0.39, 0.29) is 11.9 Å². The minimum absolute atomic E-state index is 0.212. The maximum Gasteiger partial charge on any atom is 0.225 e. The van der Waals surface area contributed by atoms with Crippen LogP contribution in [0.25, 0.3) is 0 Å². The lowest BCUT2D eigenvalue weighted by Gasteiger charge is -2.39. The summed E-state index contributed by atoms with van der Waals surface area (Å²) in [6, 6.07) is 5.42. The molecule has 1 N–H and O–H groups in total. The molecule has 3 heterocycles. The summed E-state index contributed by atoms with van der Waals surface area (Å²) >= 11 is 0. The summed E-state index contributed by atoms with van der Waals surface area (Å²) in [5.41, 5.74) is 2.18. The molecule has 0 saturated carbocycles. The average Bonchev–Trinajstić information content (AvgIpc) is 2.70. The molecule has 7 nitrogen and oxygen atoms in total. The van der Waals surface area contributed by atoms with Gasteiger partial charge in [0.05, 0.1) is 29.9 Å². The molecule has 0 radical (unpaired) electrons. The second-order valence-electron chi connectivity index (χ2n) is 7.14. The Kier molecular flexibility index (Phi) is 5.38. The standard InChI is InChI=1S/C20H25FN6O/c1-28-17-13-27(14-17)20-23-11-16(12-24-20)25-7-9-26(10-8-25)18-4-2-3-15(5-6-22)19(18)21/h2-4,6,11-12,17,22H,5,7-10,13-14H2,1H3. The van der Waals surface area contributed by atoms with Crippen molar-refractivity contribution in [1.82, 2.24) is 9.97 Å². The third-order valence-corrected chi connectivity index (χ3v) is 5.45. The van der Waals surface area contributed by atoms with Crippen LogP contribution >= 0.6 is 0 Å². The maximum atomic E-state index is 14.7. The summed E-state index contributed by atoms with van der Waals surface area (Å²) in [4.78, 5) is 15.4. The third kappa shape index (κ3) is 3.64. The zero-order chi connectivity index (χ0) is 19.5. The second kappa shape index (κ2) is 8.10. The Morgan fingerprint density at radius 1 is 1.11 bits per heavy atom. The number of nitrogens with one attached hydrogen (secondary N) is 1. The van der Waals surface area contributed by atoms with Crippen LogP contribution in [0.3, 0.4) is 0 Å². The van der Waals surface area contributed by atoms with Crippen molar-refractivity contribution < 1.29 is 9.13 Å². The number of hydrogen-bond donors (Lipinski definition) is 1. The molecule has 0 atom stereocenters. The first-order chi connectivity index (χ1) is 13.7. The minimum Gasteiger partial charge on any atom is -0.378 e. The van der Waals surface area contributed by atoms with E-state index >= 15 is 0 Å². The summed E-state index contributed by atoms with van der Waals surface area (Å²) < 4.78 is 20.0. The lowest BCUT2D eigenvalue weighted by Crippen LogP contribution is -2.52. The Balaban J connectivity index is 1.37. The summed E-state index contributed by atoms with van der Waals surface area (Å²) in [5, 5.41) is 7.22. The monoisotopic (exact) mass is 384 g/mol. The SMILES string of the molecule is COC1CN(c2ncc(N3CCN(c4cccc(CC=N)c4F)CC3)cn2)C1. The molecule has 1 aromatic carbocycles. The highest BCUT2D eigenvalue weighted by Crippen LogP contribution is 2.25. The van der Waals surface area contributed by atoms with Gasteiger partial charge in [0.15, 0.2) is 0 Å². The molecule has 8 heteroatoms. The molecule has 2 aliphatic rings. The molecule has 0 aliphatic carbocycles. The van der Waals surface area contributed by atoms with E-state index in [9.17, 15) is 4.39 Å². The zero-order valence-corrected chi connectivity index (χ0v) is 16.0. The van der Waals surface area contributed by atoms with Gasteiger partial charge in [-0.05, 0) is 17.8 Å². The first kappa shape index (κ1) is 18.6. The van der Waals surface area contributed by atoms with Gasteiger partial charge in [0.1, 0.15) is 5.82 Å². The van der Waals surface area contributed by atoms with Crippen molar-refractivity contribution in [2.45, 2.75) is 12.5 Å². The number of halogens is 1. The lowest BCUT2D eigenvalue weighted by molar-refractivity contribution is 0.0778. The highest BCUT2D eigenvalue weighted by Gasteiger charge is 2.28. The van der Waals surface area contributed by atoms with Crippen molar-refractivity contribution in [3.05, 3.63) is 42.0 Å². The van der Waals surface area contributed by atoms with Crippen LogP contribution < -0.4 is 14.7 Å². The van der Waals surface area contributed by atoms with Crippen LogP contribution in [0.15, 0.2) is 30.6 Å². The maximum absolute atomic E-state index is 14.7. The lowest BCUT2D eigenvalue weighted by atomic mass is 10.1. The van der Waals surface area contributed by atoms with Gasteiger partial charge in [-0.3, -0.25) is 0 Å². The number of nitrogens with zero attached hydrogens (tertiary/aromatic N) is 5. The van der Waals surface area contributed by atoms with Gasteiger partial charge in [-0.25, -0.2) is 14.4 Å². The summed E-state index contributed by atoms with van der Waals surface area (Å²) in [6.07, 6.45) is 5.56. The van der Waals surface area contributed by atoms with E-state index in [1.54, 1.807) is 13.2 Å². The quantitative estimate of drug-likeness (QED) is 0.768. The number of piperazine rings is 1. The van der Waals surface area contributed by atoms with Gasteiger partial charge in [0, 0.05) is 52.8 Å². The molecule has 2 aliphatic heterocycles. The van der Waals surface area contributed by atoms with Gasteiger partial charge in [-0.1, -0.05) is 12.1 Å². The molecule has 2 saturated heterocycles. The van der Waals surface area contributed by atoms with Crippen LogP contribution in [-0.4, -0.2) is 68.7 Å². The van der Waals surface area contributed by atoms with Crippen LogP contribution in [0, 0.1) is 11.2 Å². The normalized spacial score (nSPS) is 17.6. The Hall–Kier alpha value is -2.74. The number of hydrogen-bond acceptors (Lipinski definition) is 7. The summed E-state index contributed by atoms with van der Waals surface area (Å²) in [7, 11) is 1.72. The highest BCUT2D eigenvalue weighted by atomic mass is 19.1. The van der Waals surface area contributed by atoms with Gasteiger partial charge in [0.25, 0.3) is 0 Å². The summed E-state index contributed by atoms with van der Waals surface area (Å²) in [5.74, 6) is 0.525. The van der Waals surface area contributed by atoms with Gasteiger partial charge in [0.2, 0.25) is 5.95 Å². The van der Waals surface area contributed by atoms with E-state index in [4.69, 9.17) is 10.1 Å². The number of aromatic nitrogens is 2. The topological polar surface area (TPSA) is 68.6 Å². The number of methoxy groups -OCH3 is 1. The van der Waals surface area contributed by atoms with E-state index in [0.717, 1.165) is 50.9 Å². The van der Waals surface area contributed by atoms with Crippen molar-refractivity contribution in [2.75, 3.05) is 61.1 Å². The van der Waals surface area contributed by atoms with Crippen LogP contribution in [-0.2, 0) is 11.2 Å². The Morgan fingerprint density at radius 3 is 2.43 bits per heavy atom. The molecule has 2 fully saturated rings. The smallest absolute Gasteiger partial charge is 0.225 e. The van der Waals surface area contributed by atoms with Crippen molar-refractivity contribution in [2.24, 2.45) is 0 Å². The van der Waals surface area contributed by atoms with Gasteiger partial charge < -0.3 is 24.8 Å². The van der Waals surface area contributed by atoms with E-state index < -0.39 is 0 Å². The average molecular weight is 384 g/mol. The molecule has 0 spiro atoms. The molecule has 0 unspecified atom stereocenters. The molecule has 4 rings (SSSR count). The molecule has 1 aromatic heterocycles. The largest absolute Gasteiger partial charge is 0.378 e. The zero-order valence-electron chi connectivity index (χ0n) is 16.0. The van der Waals surface area contributed by atoms with E-state index in [1.807, 2.05) is 24.5 Å². The van der Waals surface area contributed by atoms with Gasteiger partial charge in [-0.2, -0.15) is 0 Å². The van der Waals surface area contributed by atoms with Crippen molar-refractivity contribution in [1.29, 1.82) is 5.41 Å². The molecule has 0 amide bonds. The predicted octanol–water partition coefficient (Wildman–Crippen LogP) is 1.97. The fourth-order valence-electron chi connectivity index (χ4n) is 3.68. The second-order valence-corrected chi connectivity index (χ2v) is 7.14. The number of anilines is 3. The minimum atomic E-state index is -0.212. The van der Waals surface area contributed by atoms with Crippen LogP contribution in [0.4, 0.5) is 21.7 Å². The first-order valence-corrected chi connectivity index (χ1v) is 9.55.